The van der Waals surface area contributed by atoms with Gasteiger partial charge in [0, 0.05) is 35.5 Å². The van der Waals surface area contributed by atoms with E-state index >= 15 is 0 Å². The predicted molar refractivity (Wildman–Crippen MR) is 94.8 cm³/mol. The number of carbonyl (C=O) groups excluding carboxylic acids is 1. The highest BCUT2D eigenvalue weighted by molar-refractivity contribution is 5.71. The summed E-state index contributed by atoms with van der Waals surface area (Å²) in [5.74, 6) is 5.64. The van der Waals surface area contributed by atoms with Gasteiger partial charge in [-0.3, -0.25) is 0 Å². The number of benzene rings is 1. The molecule has 2 rings (SSSR count). The smallest absolute Gasteiger partial charge is 0.391 e. The zero-order valence-corrected chi connectivity index (χ0v) is 14.8. The van der Waals surface area contributed by atoms with E-state index in [9.17, 15) is 9.18 Å². The zero-order chi connectivity index (χ0) is 18.4. The molecule has 0 saturated carbocycles. The Labute approximate surface area is 147 Å². The molecule has 0 fully saturated rings. The van der Waals surface area contributed by atoms with Crippen LogP contribution in [0, 0.1) is 17.7 Å². The van der Waals surface area contributed by atoms with Gasteiger partial charge in [-0.1, -0.05) is 17.9 Å². The van der Waals surface area contributed by atoms with Crippen molar-refractivity contribution in [3.05, 3.63) is 59.5 Å². The van der Waals surface area contributed by atoms with Crippen LogP contribution < -0.4 is 4.74 Å². The molecule has 0 aliphatic heterocycles. The summed E-state index contributed by atoms with van der Waals surface area (Å²) in [4.78, 5) is 17.9. The Kier molecular flexibility index (Phi) is 5.76. The number of rotatable bonds is 2. The highest BCUT2D eigenvalue weighted by Crippen LogP contribution is 2.16. The van der Waals surface area contributed by atoms with E-state index in [4.69, 9.17) is 4.74 Å². The second kappa shape index (κ2) is 7.80. The minimum atomic E-state index is -0.443. The van der Waals surface area contributed by atoms with Crippen LogP contribution in [0.2, 0.25) is 0 Å². The van der Waals surface area contributed by atoms with Crippen molar-refractivity contribution in [1.29, 1.82) is 0 Å². The van der Waals surface area contributed by atoms with Crippen LogP contribution in [0.1, 0.15) is 38.8 Å². The second-order valence-corrected chi connectivity index (χ2v) is 6.43. The molecule has 1 aromatic heterocycles. The van der Waals surface area contributed by atoms with Gasteiger partial charge in [0.15, 0.2) is 0 Å². The Balaban J connectivity index is 2.07. The summed E-state index contributed by atoms with van der Waals surface area (Å²) in [5.41, 5.74) is 0.897. The van der Waals surface area contributed by atoms with Crippen LogP contribution in [-0.2, 0) is 0 Å². The van der Waals surface area contributed by atoms with E-state index in [0.29, 0.717) is 17.7 Å². The molecular weight excluding hydrogens is 319 g/mol. The molecule has 0 radical (unpaired) electrons. The molecule has 1 aromatic carbocycles. The van der Waals surface area contributed by atoms with Crippen LogP contribution in [0.3, 0.4) is 0 Å². The van der Waals surface area contributed by atoms with E-state index < -0.39 is 6.09 Å². The molecule has 2 aromatic rings. The van der Waals surface area contributed by atoms with Crippen LogP contribution in [0.15, 0.2) is 42.6 Å². The third kappa shape index (κ3) is 5.32. The van der Waals surface area contributed by atoms with Gasteiger partial charge in [0.1, 0.15) is 5.82 Å². The molecule has 0 unspecified atom stereocenters. The molecule has 5 heteroatoms. The van der Waals surface area contributed by atoms with Gasteiger partial charge in [-0.2, -0.15) is 0 Å². The van der Waals surface area contributed by atoms with Crippen LogP contribution in [0.4, 0.5) is 9.18 Å². The fourth-order valence-electron chi connectivity index (χ4n) is 2.25. The SMILES string of the molecule is CCN(C(=O)Oc1ccc(C#Cc2cccc(F)c2)cn1)C(C)(C)C. The van der Waals surface area contributed by atoms with Gasteiger partial charge in [0.05, 0.1) is 0 Å². The van der Waals surface area contributed by atoms with Crippen molar-refractivity contribution in [2.24, 2.45) is 0 Å². The standard InChI is InChI=1S/C20H21FN2O2/c1-5-23(20(2,3)4)19(24)25-18-12-11-16(14-22-18)10-9-15-7-6-8-17(21)13-15/h6-8,11-14H,5H2,1-4H3. The Morgan fingerprint density at radius 3 is 2.48 bits per heavy atom. The van der Waals surface area contributed by atoms with Crippen molar-refractivity contribution in [1.82, 2.24) is 9.88 Å². The van der Waals surface area contributed by atoms with Gasteiger partial charge in [0.2, 0.25) is 5.88 Å². The molecule has 1 heterocycles. The third-order valence-electron chi connectivity index (χ3n) is 3.45. The summed E-state index contributed by atoms with van der Waals surface area (Å²) in [6.07, 6.45) is 1.07. The average Bonchev–Trinajstić information content (AvgIpc) is 2.53. The molecule has 0 saturated heterocycles. The molecule has 25 heavy (non-hydrogen) atoms. The topological polar surface area (TPSA) is 42.4 Å². The molecular formula is C20H21FN2O2. The van der Waals surface area contributed by atoms with E-state index in [1.807, 2.05) is 27.7 Å². The fourth-order valence-corrected chi connectivity index (χ4v) is 2.25. The van der Waals surface area contributed by atoms with Crippen LogP contribution >= 0.6 is 0 Å². The number of amides is 1. The van der Waals surface area contributed by atoms with Gasteiger partial charge >= 0.3 is 6.09 Å². The van der Waals surface area contributed by atoms with Crippen LogP contribution in [-0.4, -0.2) is 28.1 Å². The molecule has 130 valence electrons. The molecule has 1 amide bonds. The van der Waals surface area contributed by atoms with E-state index in [0.717, 1.165) is 0 Å². The number of hydrogen-bond acceptors (Lipinski definition) is 3. The maximum absolute atomic E-state index is 13.1. The molecule has 0 spiro atoms. The Bertz CT molecular complexity index is 799. The van der Waals surface area contributed by atoms with Gasteiger partial charge in [-0.05, 0) is 52.0 Å². The van der Waals surface area contributed by atoms with E-state index in [-0.39, 0.29) is 17.2 Å². The summed E-state index contributed by atoms with van der Waals surface area (Å²) in [6, 6.07) is 9.36. The van der Waals surface area contributed by atoms with Crippen molar-refractivity contribution in [3.63, 3.8) is 0 Å². The quantitative estimate of drug-likeness (QED) is 0.768. The monoisotopic (exact) mass is 340 g/mol. The first-order valence-electron chi connectivity index (χ1n) is 8.02. The number of pyridine rings is 1. The van der Waals surface area contributed by atoms with E-state index in [2.05, 4.69) is 16.8 Å². The van der Waals surface area contributed by atoms with Crippen molar-refractivity contribution in [2.45, 2.75) is 33.2 Å². The molecule has 0 N–H and O–H groups in total. The molecule has 0 aliphatic carbocycles. The normalized spacial score (nSPS) is 10.6. The highest BCUT2D eigenvalue weighted by Gasteiger charge is 2.26. The lowest BCUT2D eigenvalue weighted by atomic mass is 10.1. The molecule has 4 nitrogen and oxygen atoms in total. The number of halogens is 1. The van der Waals surface area contributed by atoms with Gasteiger partial charge in [-0.25, -0.2) is 14.2 Å². The van der Waals surface area contributed by atoms with Crippen LogP contribution in [0.25, 0.3) is 0 Å². The highest BCUT2D eigenvalue weighted by atomic mass is 19.1. The number of hydrogen-bond donors (Lipinski definition) is 0. The Hall–Kier alpha value is -2.87. The number of nitrogens with zero attached hydrogens (tertiary/aromatic N) is 2. The Morgan fingerprint density at radius 1 is 1.20 bits per heavy atom. The summed E-state index contributed by atoms with van der Waals surface area (Å²) in [7, 11) is 0. The summed E-state index contributed by atoms with van der Waals surface area (Å²) in [6.45, 7) is 8.26. The largest absolute Gasteiger partial charge is 0.416 e. The predicted octanol–water partition coefficient (Wildman–Crippen LogP) is 4.24. The van der Waals surface area contributed by atoms with Gasteiger partial charge in [0.25, 0.3) is 0 Å². The Morgan fingerprint density at radius 2 is 1.92 bits per heavy atom. The molecule has 0 bridgehead atoms. The van der Waals surface area contributed by atoms with E-state index in [1.54, 1.807) is 29.2 Å². The fraction of sp³-hybridized carbons (Fsp3) is 0.300. The van der Waals surface area contributed by atoms with Crippen molar-refractivity contribution < 1.29 is 13.9 Å². The maximum atomic E-state index is 13.1. The lowest BCUT2D eigenvalue weighted by molar-refractivity contribution is 0.109. The van der Waals surface area contributed by atoms with E-state index in [1.165, 1.54) is 18.3 Å². The maximum Gasteiger partial charge on any atom is 0.416 e. The van der Waals surface area contributed by atoms with Crippen molar-refractivity contribution in [2.75, 3.05) is 6.54 Å². The number of carbonyl (C=O) groups is 1. The van der Waals surface area contributed by atoms with Crippen LogP contribution in [0.5, 0.6) is 5.88 Å². The first kappa shape index (κ1) is 18.5. The minimum Gasteiger partial charge on any atom is -0.391 e. The molecule has 0 atom stereocenters. The second-order valence-electron chi connectivity index (χ2n) is 6.43. The summed E-state index contributed by atoms with van der Waals surface area (Å²) < 4.78 is 18.4. The first-order valence-corrected chi connectivity index (χ1v) is 8.02. The first-order chi connectivity index (χ1) is 11.8. The van der Waals surface area contributed by atoms with Gasteiger partial charge in [-0.15, -0.1) is 0 Å². The van der Waals surface area contributed by atoms with Crippen molar-refractivity contribution in [3.8, 4) is 17.7 Å². The average molecular weight is 340 g/mol. The summed E-state index contributed by atoms with van der Waals surface area (Å²) in [5, 5.41) is 0. The third-order valence-corrected chi connectivity index (χ3v) is 3.45. The zero-order valence-electron chi connectivity index (χ0n) is 14.8. The lowest BCUT2D eigenvalue weighted by Gasteiger charge is -2.33. The summed E-state index contributed by atoms with van der Waals surface area (Å²) >= 11 is 0. The number of ether oxygens (including phenoxy) is 1. The number of aromatic nitrogens is 1. The van der Waals surface area contributed by atoms with Crippen molar-refractivity contribution >= 4 is 6.09 Å². The lowest BCUT2D eigenvalue weighted by Crippen LogP contribution is -2.46. The minimum absolute atomic E-state index is 0.212. The van der Waals surface area contributed by atoms with Gasteiger partial charge < -0.3 is 9.64 Å². The molecule has 0 aliphatic rings.